The van der Waals surface area contributed by atoms with Gasteiger partial charge in [-0.05, 0) is 58.2 Å². The van der Waals surface area contributed by atoms with Crippen molar-refractivity contribution in [2.24, 2.45) is 0 Å². The monoisotopic (exact) mass is 353 g/mol. The first-order valence-corrected chi connectivity index (χ1v) is 11.8. The fourth-order valence-corrected chi connectivity index (χ4v) is 4.55. The molecule has 0 aliphatic carbocycles. The van der Waals surface area contributed by atoms with Crippen molar-refractivity contribution in [1.82, 2.24) is 4.90 Å². The Hall–Kier alpha value is -0.0800. The predicted octanol–water partition coefficient (Wildman–Crippen LogP) is 6.25. The van der Waals surface area contributed by atoms with E-state index in [1.807, 2.05) is 0 Å². The summed E-state index contributed by atoms with van der Waals surface area (Å²) < 4.78 is 1.46. The van der Waals surface area contributed by atoms with Crippen molar-refractivity contribution < 1.29 is 4.48 Å². The van der Waals surface area contributed by atoms with Crippen molar-refractivity contribution in [3.63, 3.8) is 0 Å². The zero-order chi connectivity index (χ0) is 18.2. The molecule has 1 saturated heterocycles. The standard InChI is InChI=1S/C23H49N2/c1-4-7-10-17-24(18-11-8-5-2)19-12-14-21-25(20-13-9-6-3)22-15-16-23-25/h4-23H2,1-3H3/q+1. The largest absolute Gasteiger partial charge is 0.324 e. The third-order valence-corrected chi connectivity index (χ3v) is 6.26. The number of unbranched alkanes of at least 4 members (excludes halogenated alkanes) is 7. The molecule has 1 fully saturated rings. The summed E-state index contributed by atoms with van der Waals surface area (Å²) in [5.41, 5.74) is 0. The molecule has 0 spiro atoms. The maximum atomic E-state index is 2.77. The quantitative estimate of drug-likeness (QED) is 0.221. The Kier molecular flexibility index (Phi) is 13.8. The number of hydrogen-bond donors (Lipinski definition) is 0. The van der Waals surface area contributed by atoms with Crippen LogP contribution in [0.25, 0.3) is 0 Å². The number of hydrogen-bond acceptors (Lipinski definition) is 1. The molecule has 1 heterocycles. The van der Waals surface area contributed by atoms with Crippen molar-refractivity contribution in [2.75, 3.05) is 45.8 Å². The summed E-state index contributed by atoms with van der Waals surface area (Å²) in [7, 11) is 0. The minimum Gasteiger partial charge on any atom is -0.324 e. The van der Waals surface area contributed by atoms with E-state index in [9.17, 15) is 0 Å². The number of nitrogens with zero attached hydrogens (tertiary/aromatic N) is 2. The second kappa shape index (κ2) is 15.0. The van der Waals surface area contributed by atoms with E-state index < -0.39 is 0 Å². The van der Waals surface area contributed by atoms with Crippen LogP contribution in [0.5, 0.6) is 0 Å². The SMILES string of the molecule is CCCCCN(CCCCC)CCCC[N+]1(CCCCC)CCCC1. The van der Waals surface area contributed by atoms with Crippen molar-refractivity contribution in [3.8, 4) is 0 Å². The second-order valence-corrected chi connectivity index (χ2v) is 8.61. The first-order valence-electron chi connectivity index (χ1n) is 11.8. The first kappa shape index (κ1) is 23.0. The lowest BCUT2D eigenvalue weighted by atomic mass is 10.1. The van der Waals surface area contributed by atoms with Crippen molar-refractivity contribution in [3.05, 3.63) is 0 Å². The lowest BCUT2D eigenvalue weighted by Crippen LogP contribution is -2.46. The van der Waals surface area contributed by atoms with Crippen LogP contribution >= 0.6 is 0 Å². The summed E-state index contributed by atoms with van der Waals surface area (Å²) in [5.74, 6) is 0. The van der Waals surface area contributed by atoms with Crippen molar-refractivity contribution in [2.45, 2.75) is 104 Å². The van der Waals surface area contributed by atoms with Gasteiger partial charge < -0.3 is 9.38 Å². The van der Waals surface area contributed by atoms with Gasteiger partial charge in [0.2, 0.25) is 0 Å². The van der Waals surface area contributed by atoms with Crippen LogP contribution < -0.4 is 0 Å². The highest BCUT2D eigenvalue weighted by Crippen LogP contribution is 2.22. The van der Waals surface area contributed by atoms with Gasteiger partial charge in [0.15, 0.2) is 0 Å². The van der Waals surface area contributed by atoms with Gasteiger partial charge in [-0.3, -0.25) is 0 Å². The minimum atomic E-state index is 1.34. The highest BCUT2D eigenvalue weighted by atomic mass is 15.4. The molecule has 0 aromatic carbocycles. The van der Waals surface area contributed by atoms with Gasteiger partial charge in [-0.25, -0.2) is 0 Å². The molecule has 1 aliphatic rings. The Labute approximate surface area is 159 Å². The number of likely N-dealkylation sites (tertiary alicyclic amines) is 1. The third-order valence-electron chi connectivity index (χ3n) is 6.26. The van der Waals surface area contributed by atoms with E-state index in [4.69, 9.17) is 0 Å². The molecule has 2 heteroatoms. The van der Waals surface area contributed by atoms with Crippen LogP contribution in [-0.2, 0) is 0 Å². The normalized spacial score (nSPS) is 16.8. The molecule has 0 saturated carbocycles. The fourth-order valence-electron chi connectivity index (χ4n) is 4.55. The van der Waals surface area contributed by atoms with E-state index in [-0.39, 0.29) is 0 Å². The molecule has 0 unspecified atom stereocenters. The van der Waals surface area contributed by atoms with Gasteiger partial charge >= 0.3 is 0 Å². The van der Waals surface area contributed by atoms with Crippen LogP contribution in [0.1, 0.15) is 104 Å². The summed E-state index contributed by atoms with van der Waals surface area (Å²) in [6.45, 7) is 16.9. The summed E-state index contributed by atoms with van der Waals surface area (Å²) in [5, 5.41) is 0. The lowest BCUT2D eigenvalue weighted by Gasteiger charge is -2.35. The Morgan fingerprint density at radius 1 is 0.560 bits per heavy atom. The lowest BCUT2D eigenvalue weighted by molar-refractivity contribution is -0.917. The topological polar surface area (TPSA) is 3.24 Å². The minimum absolute atomic E-state index is 1.34. The van der Waals surface area contributed by atoms with E-state index in [1.165, 1.54) is 134 Å². The molecule has 2 nitrogen and oxygen atoms in total. The third kappa shape index (κ3) is 10.6. The Morgan fingerprint density at radius 2 is 0.960 bits per heavy atom. The molecule has 25 heavy (non-hydrogen) atoms. The van der Waals surface area contributed by atoms with Gasteiger partial charge in [-0.15, -0.1) is 0 Å². The van der Waals surface area contributed by atoms with E-state index >= 15 is 0 Å². The second-order valence-electron chi connectivity index (χ2n) is 8.61. The van der Waals surface area contributed by atoms with Crippen LogP contribution in [-0.4, -0.2) is 55.2 Å². The van der Waals surface area contributed by atoms with E-state index in [0.717, 1.165) is 0 Å². The zero-order valence-corrected chi connectivity index (χ0v) is 18.0. The van der Waals surface area contributed by atoms with Crippen molar-refractivity contribution in [1.29, 1.82) is 0 Å². The average molecular weight is 354 g/mol. The zero-order valence-electron chi connectivity index (χ0n) is 18.0. The molecule has 0 atom stereocenters. The fraction of sp³-hybridized carbons (Fsp3) is 1.00. The molecule has 0 amide bonds. The predicted molar refractivity (Wildman–Crippen MR) is 113 cm³/mol. The highest BCUT2D eigenvalue weighted by Gasteiger charge is 2.30. The summed E-state index contributed by atoms with van der Waals surface area (Å²) in [6, 6.07) is 0. The van der Waals surface area contributed by atoms with Crippen LogP contribution in [0.15, 0.2) is 0 Å². The van der Waals surface area contributed by atoms with Gasteiger partial charge in [0.1, 0.15) is 0 Å². The smallest absolute Gasteiger partial charge is 0.0788 e. The molecule has 0 bridgehead atoms. The molecule has 0 radical (unpaired) electrons. The molecule has 150 valence electrons. The van der Waals surface area contributed by atoms with Gasteiger partial charge in [-0.1, -0.05) is 52.9 Å². The van der Waals surface area contributed by atoms with Gasteiger partial charge in [0.05, 0.1) is 26.2 Å². The maximum Gasteiger partial charge on any atom is 0.0788 e. The molecular weight excluding hydrogens is 304 g/mol. The number of rotatable bonds is 17. The van der Waals surface area contributed by atoms with Gasteiger partial charge in [0.25, 0.3) is 0 Å². The maximum absolute atomic E-state index is 2.77. The van der Waals surface area contributed by atoms with E-state index in [2.05, 4.69) is 25.7 Å². The van der Waals surface area contributed by atoms with E-state index in [0.29, 0.717) is 0 Å². The molecule has 0 aromatic heterocycles. The number of quaternary nitrogens is 1. The molecule has 0 N–H and O–H groups in total. The Morgan fingerprint density at radius 3 is 1.44 bits per heavy atom. The highest BCUT2D eigenvalue weighted by molar-refractivity contribution is 4.61. The summed E-state index contributed by atoms with van der Waals surface area (Å²) in [6.07, 6.45) is 18.4. The Balaban J connectivity index is 2.26. The van der Waals surface area contributed by atoms with Crippen LogP contribution in [0, 0.1) is 0 Å². The Bertz CT molecular complexity index is 274. The molecule has 1 aliphatic heterocycles. The van der Waals surface area contributed by atoms with E-state index in [1.54, 1.807) is 0 Å². The summed E-state index contributed by atoms with van der Waals surface area (Å²) in [4.78, 5) is 2.77. The molecule has 0 aromatic rings. The summed E-state index contributed by atoms with van der Waals surface area (Å²) >= 11 is 0. The van der Waals surface area contributed by atoms with Crippen LogP contribution in [0.4, 0.5) is 0 Å². The molecule has 1 rings (SSSR count). The first-order chi connectivity index (χ1) is 12.3. The van der Waals surface area contributed by atoms with Crippen LogP contribution in [0.3, 0.4) is 0 Å². The van der Waals surface area contributed by atoms with Gasteiger partial charge in [0, 0.05) is 12.8 Å². The van der Waals surface area contributed by atoms with Gasteiger partial charge in [-0.2, -0.15) is 0 Å². The van der Waals surface area contributed by atoms with Crippen molar-refractivity contribution >= 4 is 0 Å². The average Bonchev–Trinajstić information content (AvgIpc) is 3.08. The molecular formula is C23H49N2+. The van der Waals surface area contributed by atoms with Crippen LogP contribution in [0.2, 0.25) is 0 Å².